The maximum atomic E-state index is 14.8. The Morgan fingerprint density at radius 2 is 1.86 bits per heavy atom. The van der Waals surface area contributed by atoms with Crippen LogP contribution in [0.5, 0.6) is 17.2 Å². The van der Waals surface area contributed by atoms with Crippen LogP contribution in [0.25, 0.3) is 0 Å². The van der Waals surface area contributed by atoms with Gasteiger partial charge < -0.3 is 34.3 Å². The van der Waals surface area contributed by atoms with Crippen molar-refractivity contribution in [3.05, 3.63) is 52.1 Å². The maximum absolute atomic E-state index is 14.8. The number of methoxy groups -OCH3 is 1. The summed E-state index contributed by atoms with van der Waals surface area (Å²) in [6.45, 7) is 16.4. The first-order valence-corrected chi connectivity index (χ1v) is 14.9. The van der Waals surface area contributed by atoms with Crippen LogP contribution < -0.4 is 9.47 Å². The van der Waals surface area contributed by atoms with E-state index in [2.05, 4.69) is 6.58 Å². The number of benzene rings is 1. The van der Waals surface area contributed by atoms with Gasteiger partial charge >= 0.3 is 5.97 Å². The predicted octanol–water partition coefficient (Wildman–Crippen LogP) is 4.13. The molecule has 1 aromatic carbocycles. The highest BCUT2D eigenvalue weighted by atomic mass is 16.6. The van der Waals surface area contributed by atoms with Gasteiger partial charge in [-0.1, -0.05) is 32.1 Å². The number of ketones is 2. The molecule has 0 amide bonds. The van der Waals surface area contributed by atoms with Gasteiger partial charge in [-0.2, -0.15) is 0 Å². The van der Waals surface area contributed by atoms with Crippen LogP contribution in [0.15, 0.2) is 35.5 Å². The molecule has 1 spiro atoms. The first-order chi connectivity index (χ1) is 20.3. The lowest BCUT2D eigenvalue weighted by Gasteiger charge is -2.59. The molecule has 2 fully saturated rings. The largest absolute Gasteiger partial charge is 0.507 e. The van der Waals surface area contributed by atoms with Crippen molar-refractivity contribution in [2.45, 2.75) is 108 Å². The van der Waals surface area contributed by atoms with Crippen LogP contribution in [0.2, 0.25) is 0 Å². The van der Waals surface area contributed by atoms with Gasteiger partial charge in [-0.15, -0.1) is 0 Å². The number of aliphatic hydroxyl groups excluding tert-OH is 1. The third-order valence-corrected chi connectivity index (χ3v) is 10.9. The second-order valence-corrected chi connectivity index (χ2v) is 14.1. The predicted molar refractivity (Wildman–Crippen MR) is 158 cm³/mol. The molecule has 0 aromatic heterocycles. The number of fused-ring (bicyclic) bond motifs is 3. The molecule has 3 heterocycles. The quantitative estimate of drug-likeness (QED) is 0.305. The number of carbonyl (C=O) groups excluding carboxylic acids is 2. The van der Waals surface area contributed by atoms with Gasteiger partial charge in [0.2, 0.25) is 5.78 Å². The number of aliphatic carboxylic acids is 1. The van der Waals surface area contributed by atoms with E-state index in [9.17, 15) is 29.7 Å². The van der Waals surface area contributed by atoms with E-state index in [1.165, 1.54) is 26.2 Å². The zero-order chi connectivity index (χ0) is 32.5. The lowest BCUT2D eigenvalue weighted by atomic mass is 9.49. The van der Waals surface area contributed by atoms with Crippen molar-refractivity contribution in [2.24, 2.45) is 5.92 Å². The second-order valence-electron chi connectivity index (χ2n) is 14.1. The Morgan fingerprint density at radius 1 is 1.20 bits per heavy atom. The first-order valence-electron chi connectivity index (χ1n) is 14.9. The van der Waals surface area contributed by atoms with Crippen molar-refractivity contribution < 1.29 is 48.7 Å². The second kappa shape index (κ2) is 9.05. The standard InChI is InChI=1S/C34H40O10/c1-15(2)20(35)12-18-24(36)22-25(37)19-13-32(41-9)14-21-31(7,8)44-33(29(32)40,11-10-16(3)28(38)39)34(19,21)43-27(22)23-26(18)42-17(4)30(23,5)6/h10,13,17,20-21,35-36H,1,11-12,14H2,2-9H3,(H,38,39)/b16-10-/t17-,20+,21+,32+,33+,34-/m0/s1. The number of carboxylic acid groups (broad SMARTS) is 1. The Hall–Kier alpha value is -3.47. The van der Waals surface area contributed by atoms with Gasteiger partial charge in [0.15, 0.2) is 17.0 Å². The number of carbonyl (C=O) groups is 3. The molecule has 4 bridgehead atoms. The Balaban J connectivity index is 1.69. The number of hydrogen-bond donors (Lipinski definition) is 3. The minimum absolute atomic E-state index is 0.0111. The van der Waals surface area contributed by atoms with E-state index < -0.39 is 63.5 Å². The smallest absolute Gasteiger partial charge is 0.330 e. The van der Waals surface area contributed by atoms with Crippen LogP contribution in [-0.2, 0) is 30.9 Å². The molecule has 1 saturated heterocycles. The van der Waals surface area contributed by atoms with Gasteiger partial charge in [-0.3, -0.25) is 9.59 Å². The Kier molecular flexibility index (Phi) is 6.28. The highest BCUT2D eigenvalue weighted by Crippen LogP contribution is 2.70. The Morgan fingerprint density at radius 3 is 2.45 bits per heavy atom. The fourth-order valence-corrected chi connectivity index (χ4v) is 8.08. The number of aliphatic hydroxyl groups is 1. The van der Waals surface area contributed by atoms with E-state index in [0.29, 0.717) is 16.9 Å². The molecule has 1 saturated carbocycles. The molecule has 3 aliphatic heterocycles. The van der Waals surface area contributed by atoms with E-state index in [-0.39, 0.29) is 53.0 Å². The summed E-state index contributed by atoms with van der Waals surface area (Å²) in [5, 5.41) is 32.2. The molecule has 6 aliphatic rings. The molecular weight excluding hydrogens is 568 g/mol. The Labute approximate surface area is 256 Å². The third-order valence-electron chi connectivity index (χ3n) is 10.9. The highest BCUT2D eigenvalue weighted by Gasteiger charge is 2.84. The van der Waals surface area contributed by atoms with Crippen LogP contribution >= 0.6 is 0 Å². The van der Waals surface area contributed by atoms with E-state index in [1.54, 1.807) is 6.92 Å². The topological polar surface area (TPSA) is 149 Å². The SMILES string of the molecule is C=C(C)[C@H](O)Cc1c(O)c2c(c3c1O[C@@H](C)C3(C)C)O[C@@]13C(=C[C@@]4(OC)C[C@@H]1C(C)(C)O[C@]3(C/C=C(/C)C(=O)O)C4=O)C2=O. The van der Waals surface area contributed by atoms with E-state index in [4.69, 9.17) is 18.9 Å². The summed E-state index contributed by atoms with van der Waals surface area (Å²) in [5.74, 6) is -2.64. The molecule has 0 unspecified atom stereocenters. The molecule has 3 aliphatic carbocycles. The molecule has 0 radical (unpaired) electrons. The third kappa shape index (κ3) is 3.44. The molecule has 1 aromatic rings. The molecule has 44 heavy (non-hydrogen) atoms. The number of carboxylic acids is 1. The van der Waals surface area contributed by atoms with Crippen LogP contribution in [0.1, 0.15) is 82.8 Å². The van der Waals surface area contributed by atoms with Crippen molar-refractivity contribution in [2.75, 3.05) is 7.11 Å². The van der Waals surface area contributed by atoms with E-state index >= 15 is 0 Å². The summed E-state index contributed by atoms with van der Waals surface area (Å²) in [7, 11) is 1.40. The summed E-state index contributed by atoms with van der Waals surface area (Å²) in [6, 6.07) is 0. The van der Waals surface area contributed by atoms with Gasteiger partial charge in [0.25, 0.3) is 0 Å². The fraction of sp³-hybridized carbons (Fsp3) is 0.559. The lowest BCUT2D eigenvalue weighted by Crippen LogP contribution is -2.77. The van der Waals surface area contributed by atoms with Gasteiger partial charge in [0.05, 0.1) is 11.7 Å². The summed E-state index contributed by atoms with van der Waals surface area (Å²) < 4.78 is 26.0. The Bertz CT molecular complexity index is 1630. The summed E-state index contributed by atoms with van der Waals surface area (Å²) in [5.41, 5.74) is -5.32. The molecule has 10 heteroatoms. The molecule has 10 nitrogen and oxygen atoms in total. The molecule has 236 valence electrons. The number of aromatic hydroxyl groups is 1. The summed E-state index contributed by atoms with van der Waals surface area (Å²) >= 11 is 0. The number of phenols is 1. The van der Waals surface area contributed by atoms with E-state index in [0.717, 1.165) is 0 Å². The van der Waals surface area contributed by atoms with Gasteiger partial charge in [0, 0.05) is 53.6 Å². The van der Waals surface area contributed by atoms with Crippen molar-refractivity contribution in [1.29, 1.82) is 0 Å². The van der Waals surface area contributed by atoms with Crippen molar-refractivity contribution in [1.82, 2.24) is 0 Å². The van der Waals surface area contributed by atoms with Crippen molar-refractivity contribution >= 4 is 17.5 Å². The zero-order valence-electron chi connectivity index (χ0n) is 26.4. The van der Waals surface area contributed by atoms with Crippen LogP contribution in [0.4, 0.5) is 0 Å². The number of hydrogen-bond acceptors (Lipinski definition) is 9. The average Bonchev–Trinajstić information content (AvgIpc) is 3.27. The molecular formula is C34H40O10. The number of phenolic OH excluding ortho intramolecular Hbond substituents is 1. The van der Waals surface area contributed by atoms with Gasteiger partial charge in [-0.25, -0.2) is 4.79 Å². The van der Waals surface area contributed by atoms with Crippen molar-refractivity contribution in [3.8, 4) is 17.2 Å². The number of ether oxygens (including phenoxy) is 4. The van der Waals surface area contributed by atoms with Crippen LogP contribution in [0.3, 0.4) is 0 Å². The average molecular weight is 609 g/mol. The monoisotopic (exact) mass is 608 g/mol. The highest BCUT2D eigenvalue weighted by molar-refractivity contribution is 6.20. The van der Waals surface area contributed by atoms with Crippen molar-refractivity contribution in [3.63, 3.8) is 0 Å². The molecule has 7 rings (SSSR count). The maximum Gasteiger partial charge on any atom is 0.330 e. The summed E-state index contributed by atoms with van der Waals surface area (Å²) in [6.07, 6.45) is 1.50. The number of Topliss-reactive ketones (excluding diaryl/α,β-unsaturated/α-hetero) is 2. The minimum atomic E-state index is -1.81. The normalized spacial score (nSPS) is 34.4. The van der Waals surface area contributed by atoms with E-state index in [1.807, 2.05) is 34.6 Å². The number of rotatable bonds is 7. The molecule has 6 atom stereocenters. The molecule has 3 N–H and O–H groups in total. The van der Waals surface area contributed by atoms with Gasteiger partial charge in [-0.05, 0) is 47.1 Å². The minimum Gasteiger partial charge on any atom is -0.507 e. The lowest BCUT2D eigenvalue weighted by molar-refractivity contribution is -0.190. The van der Waals surface area contributed by atoms with Gasteiger partial charge in [0.1, 0.15) is 34.5 Å². The van der Waals surface area contributed by atoms with Crippen LogP contribution in [0, 0.1) is 5.92 Å². The van der Waals surface area contributed by atoms with Crippen LogP contribution in [-0.4, -0.2) is 74.6 Å². The first kappa shape index (κ1) is 30.6. The fourth-order valence-electron chi connectivity index (χ4n) is 8.08. The zero-order valence-corrected chi connectivity index (χ0v) is 26.4. The summed E-state index contributed by atoms with van der Waals surface area (Å²) in [4.78, 5) is 41.2.